The lowest BCUT2D eigenvalue weighted by Crippen LogP contribution is -2.10. The lowest BCUT2D eigenvalue weighted by atomic mass is 9.97. The van der Waals surface area contributed by atoms with Gasteiger partial charge in [-0.15, -0.1) is 0 Å². The van der Waals surface area contributed by atoms with Crippen LogP contribution in [0.5, 0.6) is 5.75 Å². The molecular formula is C11H12BrFO2. The largest absolute Gasteiger partial charge is 0.505 e. The summed E-state index contributed by atoms with van der Waals surface area (Å²) in [5.41, 5.74) is 0.443. The van der Waals surface area contributed by atoms with E-state index in [-0.39, 0.29) is 17.8 Å². The molecule has 2 rings (SSSR count). The maximum absolute atomic E-state index is 13.2. The first-order chi connectivity index (χ1) is 7.06. The number of hydrogen-bond donors (Lipinski definition) is 2. The van der Waals surface area contributed by atoms with E-state index in [0.717, 1.165) is 12.8 Å². The summed E-state index contributed by atoms with van der Waals surface area (Å²) in [6.07, 6.45) is 2.42. The molecule has 1 aromatic carbocycles. The SMILES string of the molecule is OCC1(Cc2cc(Br)cc(F)c2O)CC1. The van der Waals surface area contributed by atoms with Crippen LogP contribution >= 0.6 is 15.9 Å². The van der Waals surface area contributed by atoms with Gasteiger partial charge in [0.2, 0.25) is 0 Å². The molecule has 1 aromatic rings. The van der Waals surface area contributed by atoms with E-state index in [0.29, 0.717) is 16.5 Å². The van der Waals surface area contributed by atoms with Gasteiger partial charge in [-0.3, -0.25) is 0 Å². The second-order valence-corrected chi connectivity index (χ2v) is 5.15. The summed E-state index contributed by atoms with van der Waals surface area (Å²) in [5, 5.41) is 18.7. The van der Waals surface area contributed by atoms with Gasteiger partial charge in [-0.2, -0.15) is 0 Å². The van der Waals surface area contributed by atoms with E-state index in [4.69, 9.17) is 5.11 Å². The average molecular weight is 275 g/mol. The molecule has 82 valence electrons. The zero-order valence-electron chi connectivity index (χ0n) is 8.13. The van der Waals surface area contributed by atoms with Crippen molar-refractivity contribution in [1.29, 1.82) is 0 Å². The fourth-order valence-electron chi connectivity index (χ4n) is 1.73. The third-order valence-electron chi connectivity index (χ3n) is 2.97. The Labute approximate surface area is 95.9 Å². The number of phenols is 1. The van der Waals surface area contributed by atoms with Crippen molar-refractivity contribution in [2.75, 3.05) is 6.61 Å². The van der Waals surface area contributed by atoms with Crippen LogP contribution in [0.1, 0.15) is 18.4 Å². The fourth-order valence-corrected chi connectivity index (χ4v) is 2.20. The number of aliphatic hydroxyl groups is 1. The summed E-state index contributed by atoms with van der Waals surface area (Å²) in [7, 11) is 0. The highest BCUT2D eigenvalue weighted by Crippen LogP contribution is 2.49. The Morgan fingerprint density at radius 2 is 2.07 bits per heavy atom. The van der Waals surface area contributed by atoms with Gasteiger partial charge >= 0.3 is 0 Å². The minimum Gasteiger partial charge on any atom is -0.505 e. The number of rotatable bonds is 3. The smallest absolute Gasteiger partial charge is 0.166 e. The van der Waals surface area contributed by atoms with Gasteiger partial charge in [0.05, 0.1) is 0 Å². The van der Waals surface area contributed by atoms with Crippen molar-refractivity contribution in [3.63, 3.8) is 0 Å². The first-order valence-corrected chi connectivity index (χ1v) is 5.63. The Hall–Kier alpha value is -0.610. The third-order valence-corrected chi connectivity index (χ3v) is 3.42. The molecule has 1 aliphatic carbocycles. The van der Waals surface area contributed by atoms with Gasteiger partial charge in [-0.05, 0) is 42.4 Å². The van der Waals surface area contributed by atoms with Crippen molar-refractivity contribution in [2.24, 2.45) is 5.41 Å². The Morgan fingerprint density at radius 3 is 2.60 bits per heavy atom. The molecular weight excluding hydrogens is 263 g/mol. The van der Waals surface area contributed by atoms with Crippen LogP contribution in [0.3, 0.4) is 0 Å². The second kappa shape index (κ2) is 3.76. The third kappa shape index (κ3) is 2.16. The Kier molecular flexibility index (Phi) is 2.73. The topological polar surface area (TPSA) is 40.5 Å². The lowest BCUT2D eigenvalue weighted by Gasteiger charge is -2.13. The van der Waals surface area contributed by atoms with Gasteiger partial charge in [-0.25, -0.2) is 4.39 Å². The van der Waals surface area contributed by atoms with Gasteiger partial charge in [-0.1, -0.05) is 15.9 Å². The predicted octanol–water partition coefficient (Wildman–Crippen LogP) is 2.61. The van der Waals surface area contributed by atoms with Crippen molar-refractivity contribution in [3.05, 3.63) is 28.0 Å². The quantitative estimate of drug-likeness (QED) is 0.890. The number of benzene rings is 1. The average Bonchev–Trinajstić information content (AvgIpc) is 2.94. The number of halogens is 2. The monoisotopic (exact) mass is 274 g/mol. The van der Waals surface area contributed by atoms with Crippen LogP contribution < -0.4 is 0 Å². The summed E-state index contributed by atoms with van der Waals surface area (Å²) < 4.78 is 13.8. The summed E-state index contributed by atoms with van der Waals surface area (Å²) in [6.45, 7) is 0.0978. The molecule has 2 nitrogen and oxygen atoms in total. The van der Waals surface area contributed by atoms with Gasteiger partial charge in [0, 0.05) is 11.1 Å². The highest BCUT2D eigenvalue weighted by Gasteiger charge is 2.42. The molecule has 0 saturated heterocycles. The van der Waals surface area contributed by atoms with E-state index in [1.165, 1.54) is 6.07 Å². The van der Waals surface area contributed by atoms with E-state index < -0.39 is 5.82 Å². The minimum atomic E-state index is -0.617. The van der Waals surface area contributed by atoms with Gasteiger partial charge in [0.1, 0.15) is 0 Å². The molecule has 0 atom stereocenters. The molecule has 0 amide bonds. The van der Waals surface area contributed by atoms with Gasteiger partial charge in [0.15, 0.2) is 11.6 Å². The van der Waals surface area contributed by atoms with Crippen molar-refractivity contribution in [2.45, 2.75) is 19.3 Å². The molecule has 0 bridgehead atoms. The summed E-state index contributed by atoms with van der Waals surface area (Å²) in [5.74, 6) is -0.911. The first-order valence-electron chi connectivity index (χ1n) is 4.84. The van der Waals surface area contributed by atoms with Crippen molar-refractivity contribution >= 4 is 15.9 Å². The molecule has 15 heavy (non-hydrogen) atoms. The Balaban J connectivity index is 2.28. The van der Waals surface area contributed by atoms with Crippen LogP contribution in [0.2, 0.25) is 0 Å². The number of phenolic OH excluding ortho intramolecular Hbond substituents is 1. The molecule has 0 unspecified atom stereocenters. The molecule has 0 heterocycles. The van der Waals surface area contributed by atoms with Crippen LogP contribution in [-0.4, -0.2) is 16.8 Å². The van der Waals surface area contributed by atoms with E-state index in [2.05, 4.69) is 15.9 Å². The molecule has 4 heteroatoms. The van der Waals surface area contributed by atoms with Crippen LogP contribution in [0, 0.1) is 11.2 Å². The highest BCUT2D eigenvalue weighted by atomic mass is 79.9. The maximum Gasteiger partial charge on any atom is 0.166 e. The molecule has 0 aromatic heterocycles. The lowest BCUT2D eigenvalue weighted by molar-refractivity contribution is 0.210. The molecule has 0 radical (unpaired) electrons. The van der Waals surface area contributed by atoms with Gasteiger partial charge < -0.3 is 10.2 Å². The van der Waals surface area contributed by atoms with E-state index in [9.17, 15) is 9.50 Å². The number of aromatic hydroxyl groups is 1. The predicted molar refractivity (Wildman–Crippen MR) is 58.2 cm³/mol. The number of hydrogen-bond acceptors (Lipinski definition) is 2. The fraction of sp³-hybridized carbons (Fsp3) is 0.455. The normalized spacial score (nSPS) is 17.8. The van der Waals surface area contributed by atoms with Crippen LogP contribution in [-0.2, 0) is 6.42 Å². The van der Waals surface area contributed by atoms with Crippen LogP contribution in [0.4, 0.5) is 4.39 Å². The highest BCUT2D eigenvalue weighted by molar-refractivity contribution is 9.10. The Bertz CT molecular complexity index is 388. The number of aliphatic hydroxyl groups excluding tert-OH is 1. The zero-order chi connectivity index (χ0) is 11.1. The molecule has 0 aliphatic heterocycles. The van der Waals surface area contributed by atoms with E-state index in [1.54, 1.807) is 6.07 Å². The molecule has 2 N–H and O–H groups in total. The van der Waals surface area contributed by atoms with Crippen LogP contribution in [0.15, 0.2) is 16.6 Å². The van der Waals surface area contributed by atoms with Crippen molar-refractivity contribution in [1.82, 2.24) is 0 Å². The zero-order valence-corrected chi connectivity index (χ0v) is 9.72. The van der Waals surface area contributed by atoms with E-state index >= 15 is 0 Å². The Morgan fingerprint density at radius 1 is 1.40 bits per heavy atom. The second-order valence-electron chi connectivity index (χ2n) is 4.23. The molecule has 1 aliphatic rings. The standard InChI is InChI=1S/C11H12BrFO2/c12-8-3-7(10(15)9(13)4-8)5-11(6-14)1-2-11/h3-4,14-15H,1-2,5-6H2. The summed E-state index contributed by atoms with van der Waals surface area (Å²) >= 11 is 3.18. The molecule has 1 fully saturated rings. The maximum atomic E-state index is 13.2. The summed E-state index contributed by atoms with van der Waals surface area (Å²) in [6, 6.07) is 2.94. The molecule has 1 saturated carbocycles. The summed E-state index contributed by atoms with van der Waals surface area (Å²) in [4.78, 5) is 0. The van der Waals surface area contributed by atoms with Crippen molar-refractivity contribution in [3.8, 4) is 5.75 Å². The van der Waals surface area contributed by atoms with Gasteiger partial charge in [0.25, 0.3) is 0 Å². The minimum absolute atomic E-state index is 0.0978. The molecule has 0 spiro atoms. The first kappa shape index (κ1) is 10.9. The van der Waals surface area contributed by atoms with Crippen molar-refractivity contribution < 1.29 is 14.6 Å². The van der Waals surface area contributed by atoms with Crippen LogP contribution in [0.25, 0.3) is 0 Å². The van der Waals surface area contributed by atoms with E-state index in [1.807, 2.05) is 0 Å².